The first-order valence-corrected chi connectivity index (χ1v) is 6.03. The van der Waals surface area contributed by atoms with E-state index in [-0.39, 0.29) is 6.61 Å². The molecule has 1 aromatic heterocycles. The summed E-state index contributed by atoms with van der Waals surface area (Å²) in [6.07, 6.45) is 1.44. The van der Waals surface area contributed by atoms with E-state index in [1.165, 1.54) is 0 Å². The van der Waals surface area contributed by atoms with Crippen molar-refractivity contribution in [1.29, 1.82) is 0 Å². The standard InChI is InChI=1S/C12H13BrN2O/c1-8-10-7-9(13)4-5-11(10)15-12(14-8)3-2-6-16/h4-5,7,16H,2-3,6H2,1H3. The number of nitrogens with zero attached hydrogens (tertiary/aromatic N) is 2. The number of rotatable bonds is 3. The molecule has 1 aromatic carbocycles. The van der Waals surface area contributed by atoms with E-state index < -0.39 is 0 Å². The van der Waals surface area contributed by atoms with E-state index >= 15 is 0 Å². The molecule has 2 rings (SSSR count). The lowest BCUT2D eigenvalue weighted by Gasteiger charge is -2.05. The van der Waals surface area contributed by atoms with Gasteiger partial charge in [-0.15, -0.1) is 0 Å². The molecule has 0 unspecified atom stereocenters. The maximum atomic E-state index is 8.78. The largest absolute Gasteiger partial charge is 0.396 e. The van der Waals surface area contributed by atoms with Gasteiger partial charge in [-0.2, -0.15) is 0 Å². The van der Waals surface area contributed by atoms with E-state index in [1.807, 2.05) is 25.1 Å². The van der Waals surface area contributed by atoms with Crippen LogP contribution in [0.25, 0.3) is 10.9 Å². The molecule has 0 radical (unpaired) electrons. The third-order valence-corrected chi connectivity index (χ3v) is 2.95. The molecule has 0 spiro atoms. The minimum absolute atomic E-state index is 0.181. The molecule has 0 aliphatic rings. The van der Waals surface area contributed by atoms with E-state index in [1.54, 1.807) is 0 Å². The van der Waals surface area contributed by atoms with Crippen LogP contribution < -0.4 is 0 Å². The van der Waals surface area contributed by atoms with Crippen molar-refractivity contribution in [1.82, 2.24) is 9.97 Å². The Morgan fingerprint density at radius 1 is 1.31 bits per heavy atom. The van der Waals surface area contributed by atoms with Crippen molar-refractivity contribution in [3.05, 3.63) is 34.2 Å². The molecule has 1 N–H and O–H groups in total. The van der Waals surface area contributed by atoms with Gasteiger partial charge in [-0.25, -0.2) is 9.97 Å². The highest BCUT2D eigenvalue weighted by molar-refractivity contribution is 9.10. The molecule has 3 nitrogen and oxygen atoms in total. The minimum Gasteiger partial charge on any atom is -0.396 e. The Bertz CT molecular complexity index is 514. The van der Waals surface area contributed by atoms with Crippen LogP contribution in [0, 0.1) is 6.92 Å². The van der Waals surface area contributed by atoms with E-state index in [9.17, 15) is 0 Å². The Morgan fingerprint density at radius 3 is 2.88 bits per heavy atom. The van der Waals surface area contributed by atoms with Crippen LogP contribution in [0.5, 0.6) is 0 Å². The first-order valence-electron chi connectivity index (χ1n) is 5.24. The summed E-state index contributed by atoms with van der Waals surface area (Å²) in [4.78, 5) is 8.91. The minimum atomic E-state index is 0.181. The van der Waals surface area contributed by atoms with Crippen molar-refractivity contribution in [2.24, 2.45) is 0 Å². The summed E-state index contributed by atoms with van der Waals surface area (Å²) in [6.45, 7) is 2.17. The highest BCUT2D eigenvalue weighted by atomic mass is 79.9. The van der Waals surface area contributed by atoms with E-state index in [2.05, 4.69) is 25.9 Å². The second-order valence-electron chi connectivity index (χ2n) is 3.71. The summed E-state index contributed by atoms with van der Waals surface area (Å²) < 4.78 is 1.04. The lowest BCUT2D eigenvalue weighted by Crippen LogP contribution is -2.00. The predicted molar refractivity (Wildman–Crippen MR) is 67.4 cm³/mol. The van der Waals surface area contributed by atoms with Crippen LogP contribution in [0.15, 0.2) is 22.7 Å². The highest BCUT2D eigenvalue weighted by Gasteiger charge is 2.04. The molecule has 0 amide bonds. The fraction of sp³-hybridized carbons (Fsp3) is 0.333. The molecule has 0 saturated carbocycles. The lowest BCUT2D eigenvalue weighted by atomic mass is 10.2. The zero-order valence-electron chi connectivity index (χ0n) is 9.07. The van der Waals surface area contributed by atoms with E-state index in [4.69, 9.17) is 5.11 Å². The quantitative estimate of drug-likeness (QED) is 0.940. The van der Waals surface area contributed by atoms with Crippen molar-refractivity contribution in [2.45, 2.75) is 19.8 Å². The molecular weight excluding hydrogens is 268 g/mol. The summed E-state index contributed by atoms with van der Waals surface area (Å²) >= 11 is 3.44. The first kappa shape index (κ1) is 11.5. The average Bonchev–Trinajstić information content (AvgIpc) is 2.27. The van der Waals surface area contributed by atoms with Gasteiger partial charge in [0, 0.05) is 28.6 Å². The SMILES string of the molecule is Cc1nc(CCCO)nc2ccc(Br)cc12. The molecule has 84 valence electrons. The Hall–Kier alpha value is -1.000. The molecule has 16 heavy (non-hydrogen) atoms. The van der Waals surface area contributed by atoms with Gasteiger partial charge in [-0.05, 0) is 31.5 Å². The van der Waals surface area contributed by atoms with Crippen LogP contribution in [0.2, 0.25) is 0 Å². The summed E-state index contributed by atoms with van der Waals surface area (Å²) in [5, 5.41) is 9.86. The molecule has 0 bridgehead atoms. The normalized spacial score (nSPS) is 10.9. The zero-order chi connectivity index (χ0) is 11.5. The fourth-order valence-electron chi connectivity index (χ4n) is 1.66. The summed E-state index contributed by atoms with van der Waals surface area (Å²) in [5.74, 6) is 0.807. The number of aryl methyl sites for hydroxylation is 2. The summed E-state index contributed by atoms with van der Waals surface area (Å²) in [5.41, 5.74) is 1.95. The summed E-state index contributed by atoms with van der Waals surface area (Å²) in [7, 11) is 0. The Labute approximate surface area is 103 Å². The van der Waals surface area contributed by atoms with Gasteiger partial charge in [0.15, 0.2) is 0 Å². The second kappa shape index (κ2) is 4.89. The van der Waals surface area contributed by atoms with Crippen molar-refractivity contribution >= 4 is 26.8 Å². The number of aliphatic hydroxyl groups is 1. The van der Waals surface area contributed by atoms with Gasteiger partial charge in [0.25, 0.3) is 0 Å². The van der Waals surface area contributed by atoms with Crippen molar-refractivity contribution in [3.8, 4) is 0 Å². The van der Waals surface area contributed by atoms with Crippen LogP contribution in [-0.2, 0) is 6.42 Å². The number of aromatic nitrogens is 2. The molecule has 0 aliphatic carbocycles. The topological polar surface area (TPSA) is 46.0 Å². The van der Waals surface area contributed by atoms with Crippen molar-refractivity contribution in [2.75, 3.05) is 6.61 Å². The summed E-state index contributed by atoms with van der Waals surface area (Å²) in [6, 6.07) is 5.99. The number of hydrogen-bond acceptors (Lipinski definition) is 3. The van der Waals surface area contributed by atoms with Gasteiger partial charge in [0.05, 0.1) is 5.52 Å². The van der Waals surface area contributed by atoms with Crippen LogP contribution in [0.1, 0.15) is 17.9 Å². The molecule has 0 aliphatic heterocycles. The molecule has 2 aromatic rings. The van der Waals surface area contributed by atoms with Crippen LogP contribution in [0.4, 0.5) is 0 Å². The van der Waals surface area contributed by atoms with Gasteiger partial charge in [0.1, 0.15) is 5.82 Å². The van der Waals surface area contributed by atoms with Crippen LogP contribution >= 0.6 is 15.9 Å². The first-order chi connectivity index (χ1) is 7.70. The van der Waals surface area contributed by atoms with Crippen LogP contribution in [-0.4, -0.2) is 21.7 Å². The molecule has 4 heteroatoms. The number of aliphatic hydroxyl groups excluding tert-OH is 1. The van der Waals surface area contributed by atoms with Crippen molar-refractivity contribution in [3.63, 3.8) is 0 Å². The smallest absolute Gasteiger partial charge is 0.129 e. The zero-order valence-corrected chi connectivity index (χ0v) is 10.7. The predicted octanol–water partition coefficient (Wildman–Crippen LogP) is 2.63. The highest BCUT2D eigenvalue weighted by Crippen LogP contribution is 2.20. The van der Waals surface area contributed by atoms with Gasteiger partial charge < -0.3 is 5.11 Å². The van der Waals surface area contributed by atoms with E-state index in [0.717, 1.165) is 33.3 Å². The third kappa shape index (κ3) is 2.39. The van der Waals surface area contributed by atoms with Gasteiger partial charge >= 0.3 is 0 Å². The van der Waals surface area contributed by atoms with Gasteiger partial charge in [-0.1, -0.05) is 15.9 Å². The van der Waals surface area contributed by atoms with Gasteiger partial charge in [-0.3, -0.25) is 0 Å². The lowest BCUT2D eigenvalue weighted by molar-refractivity contribution is 0.287. The number of hydrogen-bond donors (Lipinski definition) is 1. The second-order valence-corrected chi connectivity index (χ2v) is 4.63. The molecule has 0 fully saturated rings. The van der Waals surface area contributed by atoms with Gasteiger partial charge in [0.2, 0.25) is 0 Å². The molecular formula is C12H13BrN2O. The molecule has 0 saturated heterocycles. The van der Waals surface area contributed by atoms with Crippen molar-refractivity contribution < 1.29 is 5.11 Å². The fourth-order valence-corrected chi connectivity index (χ4v) is 2.02. The molecule has 1 heterocycles. The number of benzene rings is 1. The number of halogens is 1. The maximum absolute atomic E-state index is 8.78. The Kier molecular flexibility index (Phi) is 3.51. The third-order valence-electron chi connectivity index (χ3n) is 2.45. The maximum Gasteiger partial charge on any atom is 0.129 e. The number of fused-ring (bicyclic) bond motifs is 1. The Balaban J connectivity index is 2.46. The molecule has 0 atom stereocenters. The Morgan fingerprint density at radius 2 is 2.12 bits per heavy atom. The van der Waals surface area contributed by atoms with E-state index in [0.29, 0.717) is 6.42 Å². The monoisotopic (exact) mass is 280 g/mol. The van der Waals surface area contributed by atoms with Crippen LogP contribution in [0.3, 0.4) is 0 Å². The average molecular weight is 281 g/mol.